The number of amides is 1. The normalized spacial score (nSPS) is 28.0. The molecule has 2 aliphatic rings. The largest absolute Gasteiger partial charge is 0.573 e. The topological polar surface area (TPSA) is 75.6 Å². The van der Waals surface area contributed by atoms with Gasteiger partial charge in [0.05, 0.1) is 11.8 Å². The third kappa shape index (κ3) is 3.22. The van der Waals surface area contributed by atoms with Gasteiger partial charge in [-0.1, -0.05) is 12.2 Å². The van der Waals surface area contributed by atoms with Crippen molar-refractivity contribution in [3.8, 4) is 5.75 Å². The number of hydrogen-bond donors (Lipinski definition) is 2. The molecule has 2 aliphatic carbocycles. The summed E-state index contributed by atoms with van der Waals surface area (Å²) in [5.41, 5.74) is 0.283. The van der Waals surface area contributed by atoms with E-state index in [9.17, 15) is 27.9 Å². The zero-order valence-corrected chi connectivity index (χ0v) is 12.3. The van der Waals surface area contributed by atoms with Crippen LogP contribution in [0.1, 0.15) is 6.42 Å². The number of carboxylic acid groups (broad SMARTS) is 1. The average molecular weight is 341 g/mol. The van der Waals surface area contributed by atoms with Crippen molar-refractivity contribution in [1.29, 1.82) is 0 Å². The summed E-state index contributed by atoms with van der Waals surface area (Å²) < 4.78 is 40.1. The molecule has 0 saturated heterocycles. The van der Waals surface area contributed by atoms with E-state index < -0.39 is 35.8 Å². The van der Waals surface area contributed by atoms with Gasteiger partial charge in [-0.3, -0.25) is 9.59 Å². The van der Waals surface area contributed by atoms with Crippen LogP contribution in [0.4, 0.5) is 18.9 Å². The Kier molecular flexibility index (Phi) is 3.98. The van der Waals surface area contributed by atoms with E-state index in [1.165, 1.54) is 12.1 Å². The van der Waals surface area contributed by atoms with E-state index >= 15 is 0 Å². The van der Waals surface area contributed by atoms with Crippen LogP contribution in [0.3, 0.4) is 0 Å². The molecule has 0 spiro atoms. The molecule has 4 atom stereocenters. The molecule has 1 aromatic rings. The van der Waals surface area contributed by atoms with E-state index in [-0.39, 0.29) is 17.5 Å². The molecule has 0 unspecified atom stereocenters. The Labute approximate surface area is 135 Å². The highest BCUT2D eigenvalue weighted by Crippen LogP contribution is 2.48. The summed E-state index contributed by atoms with van der Waals surface area (Å²) in [5.74, 6) is -3.57. The molecule has 2 N–H and O–H groups in total. The second-order valence-electron chi connectivity index (χ2n) is 5.90. The van der Waals surface area contributed by atoms with Gasteiger partial charge < -0.3 is 15.2 Å². The summed E-state index contributed by atoms with van der Waals surface area (Å²) in [6.45, 7) is 0. The number of ether oxygens (including phenoxy) is 1. The highest BCUT2D eigenvalue weighted by molar-refractivity contribution is 5.96. The standard InChI is InChI=1S/C16H14F3NO4/c17-16(18,19)24-11-5-3-10(4-6-11)20-14(21)12-8-1-2-9(7-8)13(12)15(22)23/h1-6,8-9,12-13H,7H2,(H,20,21)(H,22,23)/t8-,9-,12+,13+/m0/s1. The van der Waals surface area contributed by atoms with Crippen LogP contribution in [0.15, 0.2) is 36.4 Å². The number of carbonyl (C=O) groups excluding carboxylic acids is 1. The molecule has 0 aromatic heterocycles. The van der Waals surface area contributed by atoms with Crippen LogP contribution in [0, 0.1) is 23.7 Å². The maximum Gasteiger partial charge on any atom is 0.573 e. The number of allylic oxidation sites excluding steroid dienone is 2. The molecule has 0 aliphatic heterocycles. The van der Waals surface area contributed by atoms with Gasteiger partial charge in [0.15, 0.2) is 0 Å². The van der Waals surface area contributed by atoms with Crippen LogP contribution in [0.25, 0.3) is 0 Å². The van der Waals surface area contributed by atoms with Gasteiger partial charge in [-0.05, 0) is 42.5 Å². The smallest absolute Gasteiger partial charge is 0.481 e. The summed E-state index contributed by atoms with van der Waals surface area (Å²) in [6.07, 6.45) is -0.465. The minimum absolute atomic E-state index is 0.121. The highest BCUT2D eigenvalue weighted by Gasteiger charge is 2.51. The van der Waals surface area contributed by atoms with E-state index in [0.717, 1.165) is 12.1 Å². The van der Waals surface area contributed by atoms with Crippen molar-refractivity contribution in [2.24, 2.45) is 23.7 Å². The molecular weight excluding hydrogens is 327 g/mol. The molecule has 0 heterocycles. The number of rotatable bonds is 4. The first-order valence-electron chi connectivity index (χ1n) is 7.32. The van der Waals surface area contributed by atoms with Gasteiger partial charge in [-0.25, -0.2) is 0 Å². The van der Waals surface area contributed by atoms with Gasteiger partial charge in [0.1, 0.15) is 5.75 Å². The molecule has 0 radical (unpaired) electrons. The van der Waals surface area contributed by atoms with Crippen molar-refractivity contribution >= 4 is 17.6 Å². The number of carboxylic acids is 1. The average Bonchev–Trinajstić information content (AvgIpc) is 3.08. The number of carbonyl (C=O) groups is 2. The fourth-order valence-corrected chi connectivity index (χ4v) is 3.48. The first-order valence-corrected chi connectivity index (χ1v) is 7.32. The van der Waals surface area contributed by atoms with Crippen molar-refractivity contribution in [2.75, 3.05) is 5.32 Å². The van der Waals surface area contributed by atoms with Gasteiger partial charge in [0.25, 0.3) is 0 Å². The van der Waals surface area contributed by atoms with Crippen LogP contribution in [0.2, 0.25) is 0 Å². The van der Waals surface area contributed by atoms with Crippen LogP contribution in [0.5, 0.6) is 5.75 Å². The molecule has 8 heteroatoms. The van der Waals surface area contributed by atoms with E-state index in [2.05, 4.69) is 10.1 Å². The number of halogens is 3. The number of alkyl halides is 3. The molecular formula is C16H14F3NO4. The van der Waals surface area contributed by atoms with Crippen molar-refractivity contribution in [1.82, 2.24) is 0 Å². The van der Waals surface area contributed by atoms with Crippen molar-refractivity contribution in [3.63, 3.8) is 0 Å². The number of nitrogens with one attached hydrogen (secondary N) is 1. The zero-order chi connectivity index (χ0) is 17.5. The lowest BCUT2D eigenvalue weighted by Gasteiger charge is -2.23. The molecule has 1 fully saturated rings. The fourth-order valence-electron chi connectivity index (χ4n) is 3.48. The van der Waals surface area contributed by atoms with E-state index in [1.807, 2.05) is 12.2 Å². The van der Waals surface area contributed by atoms with Crippen molar-refractivity contribution in [3.05, 3.63) is 36.4 Å². The lowest BCUT2D eigenvalue weighted by molar-refractivity contribution is -0.274. The Balaban J connectivity index is 1.69. The van der Waals surface area contributed by atoms with Gasteiger partial charge in [-0.15, -0.1) is 13.2 Å². The SMILES string of the molecule is O=C(O)[C@H]1[C@H](C(=O)Nc2ccc(OC(F)(F)F)cc2)[C@H]2C=C[C@H]1C2. The first kappa shape index (κ1) is 16.4. The van der Waals surface area contributed by atoms with Crippen LogP contribution < -0.4 is 10.1 Å². The van der Waals surface area contributed by atoms with E-state index in [1.54, 1.807) is 0 Å². The highest BCUT2D eigenvalue weighted by atomic mass is 19.4. The van der Waals surface area contributed by atoms with E-state index in [4.69, 9.17) is 0 Å². The third-order valence-electron chi connectivity index (χ3n) is 4.40. The molecule has 128 valence electrons. The van der Waals surface area contributed by atoms with Crippen molar-refractivity contribution < 1.29 is 32.6 Å². The van der Waals surface area contributed by atoms with E-state index in [0.29, 0.717) is 6.42 Å². The van der Waals surface area contributed by atoms with Gasteiger partial charge in [-0.2, -0.15) is 0 Å². The minimum Gasteiger partial charge on any atom is -0.481 e. The van der Waals surface area contributed by atoms with Crippen LogP contribution >= 0.6 is 0 Å². The second-order valence-corrected chi connectivity index (χ2v) is 5.90. The molecule has 1 amide bonds. The second kappa shape index (κ2) is 5.85. The van der Waals surface area contributed by atoms with Crippen LogP contribution in [-0.4, -0.2) is 23.3 Å². The van der Waals surface area contributed by atoms with Gasteiger partial charge in [0.2, 0.25) is 5.91 Å². The van der Waals surface area contributed by atoms with Gasteiger partial charge >= 0.3 is 12.3 Å². The Morgan fingerprint density at radius 2 is 1.67 bits per heavy atom. The zero-order valence-electron chi connectivity index (χ0n) is 12.3. The Morgan fingerprint density at radius 1 is 1.08 bits per heavy atom. The van der Waals surface area contributed by atoms with Crippen molar-refractivity contribution in [2.45, 2.75) is 12.8 Å². The van der Waals surface area contributed by atoms with Gasteiger partial charge in [0, 0.05) is 5.69 Å². The summed E-state index contributed by atoms with van der Waals surface area (Å²) >= 11 is 0. The number of aliphatic carboxylic acids is 1. The quantitative estimate of drug-likeness (QED) is 0.826. The molecule has 5 nitrogen and oxygen atoms in total. The lowest BCUT2D eigenvalue weighted by Crippen LogP contribution is -2.36. The summed E-state index contributed by atoms with van der Waals surface area (Å²) in [5, 5.41) is 11.9. The molecule has 2 bridgehead atoms. The summed E-state index contributed by atoms with van der Waals surface area (Å²) in [6, 6.07) is 4.71. The predicted octanol–water partition coefficient (Wildman–Crippen LogP) is 3.05. The Hall–Kier alpha value is -2.51. The van der Waals surface area contributed by atoms with Crippen LogP contribution in [-0.2, 0) is 9.59 Å². The number of hydrogen-bond acceptors (Lipinski definition) is 3. The summed E-state index contributed by atoms with van der Waals surface area (Å²) in [4.78, 5) is 23.8. The number of anilines is 1. The molecule has 3 rings (SSSR count). The predicted molar refractivity (Wildman–Crippen MR) is 77.1 cm³/mol. The Bertz CT molecular complexity index is 684. The molecule has 1 aromatic carbocycles. The maximum absolute atomic E-state index is 12.4. The molecule has 1 saturated carbocycles. The third-order valence-corrected chi connectivity index (χ3v) is 4.40. The first-order chi connectivity index (χ1) is 11.2. The number of fused-ring (bicyclic) bond motifs is 2. The fraction of sp³-hybridized carbons (Fsp3) is 0.375. The molecule has 24 heavy (non-hydrogen) atoms. The monoisotopic (exact) mass is 341 g/mol. The summed E-state index contributed by atoms with van der Waals surface area (Å²) in [7, 11) is 0. The Morgan fingerprint density at radius 3 is 2.21 bits per heavy atom. The maximum atomic E-state index is 12.4. The minimum atomic E-state index is -4.78. The lowest BCUT2D eigenvalue weighted by atomic mass is 9.82. The number of benzene rings is 1.